The van der Waals surface area contributed by atoms with E-state index in [1.807, 2.05) is 0 Å². The number of anilines is 2. The maximum Gasteiger partial charge on any atom is 0.417 e. The van der Waals surface area contributed by atoms with Crippen molar-refractivity contribution in [1.82, 2.24) is 30.3 Å². The van der Waals surface area contributed by atoms with Gasteiger partial charge in [0.15, 0.2) is 12.4 Å². The first-order valence-corrected chi connectivity index (χ1v) is 10.8. The molecular formula is C22H21ClF3N7O2. The molecule has 184 valence electrons. The molecule has 0 spiro atoms. The number of fused-ring (bicyclic) bond motifs is 1. The van der Waals surface area contributed by atoms with E-state index < -0.39 is 24.3 Å². The highest BCUT2D eigenvalue weighted by Crippen LogP contribution is 2.39. The molecule has 4 aromatic rings. The standard InChI is InChI=1S/C22H21ClF3N7O2/c1-11(2)28-18(34)10-35-12-4-5-13(15(8-12)22(24,25)26)20-30-21(33(3)32-20)29-17-7-6-16-14(19(17)23)9-27-31-16/h4-9,11H,10H2,1-3H3,(H,27,31)(H,28,34)(H,29,30,32). The topological polar surface area (TPSA) is 110 Å². The number of amides is 1. The lowest BCUT2D eigenvalue weighted by Crippen LogP contribution is -2.34. The van der Waals surface area contributed by atoms with Crippen molar-refractivity contribution in [1.29, 1.82) is 0 Å². The SMILES string of the molecule is CC(C)NC(=O)COc1ccc(-c2nc(Nc3ccc4[nH]ncc4c3Cl)n(C)n2)c(C(F)(F)F)c1. The van der Waals surface area contributed by atoms with E-state index in [1.54, 1.807) is 39.2 Å². The largest absolute Gasteiger partial charge is 0.484 e. The predicted octanol–water partition coefficient (Wildman–Crippen LogP) is 4.68. The summed E-state index contributed by atoms with van der Waals surface area (Å²) < 4.78 is 48.2. The van der Waals surface area contributed by atoms with Gasteiger partial charge in [0.2, 0.25) is 5.95 Å². The maximum atomic E-state index is 13.9. The number of halogens is 4. The monoisotopic (exact) mass is 507 g/mol. The highest BCUT2D eigenvalue weighted by molar-refractivity contribution is 6.38. The second-order valence-electron chi connectivity index (χ2n) is 7.98. The quantitative estimate of drug-likeness (QED) is 0.335. The lowest BCUT2D eigenvalue weighted by Gasteiger charge is -2.14. The van der Waals surface area contributed by atoms with Crippen LogP contribution in [-0.2, 0) is 18.0 Å². The van der Waals surface area contributed by atoms with Crippen LogP contribution in [0, 0.1) is 0 Å². The second-order valence-corrected chi connectivity index (χ2v) is 8.36. The number of H-pyrrole nitrogens is 1. The summed E-state index contributed by atoms with van der Waals surface area (Å²) in [6, 6.07) is 6.71. The van der Waals surface area contributed by atoms with E-state index >= 15 is 0 Å². The number of ether oxygens (including phenoxy) is 1. The average Bonchev–Trinajstić information content (AvgIpc) is 3.40. The van der Waals surface area contributed by atoms with Gasteiger partial charge >= 0.3 is 6.18 Å². The molecule has 4 rings (SSSR count). The minimum absolute atomic E-state index is 0.102. The molecule has 35 heavy (non-hydrogen) atoms. The fourth-order valence-electron chi connectivity index (χ4n) is 3.36. The highest BCUT2D eigenvalue weighted by atomic mass is 35.5. The fraction of sp³-hybridized carbons (Fsp3) is 0.273. The number of aryl methyl sites for hydroxylation is 1. The van der Waals surface area contributed by atoms with E-state index in [9.17, 15) is 18.0 Å². The van der Waals surface area contributed by atoms with Crippen molar-refractivity contribution < 1.29 is 22.7 Å². The normalized spacial score (nSPS) is 11.8. The number of benzene rings is 2. The van der Waals surface area contributed by atoms with Gasteiger partial charge in [-0.25, -0.2) is 4.68 Å². The molecule has 3 N–H and O–H groups in total. The molecule has 9 nitrogen and oxygen atoms in total. The molecule has 0 aliphatic rings. The van der Waals surface area contributed by atoms with Gasteiger partial charge in [0.25, 0.3) is 5.91 Å². The highest BCUT2D eigenvalue weighted by Gasteiger charge is 2.35. The molecule has 0 saturated carbocycles. The number of aromatic amines is 1. The lowest BCUT2D eigenvalue weighted by atomic mass is 10.1. The zero-order valence-electron chi connectivity index (χ0n) is 18.9. The van der Waals surface area contributed by atoms with Crippen LogP contribution in [0.4, 0.5) is 24.8 Å². The molecule has 0 fully saturated rings. The molecule has 0 unspecified atom stereocenters. The summed E-state index contributed by atoms with van der Waals surface area (Å²) in [7, 11) is 1.54. The molecule has 0 aliphatic carbocycles. The molecule has 0 bridgehead atoms. The van der Waals surface area contributed by atoms with Gasteiger partial charge in [-0.1, -0.05) is 11.6 Å². The van der Waals surface area contributed by atoms with Crippen LogP contribution in [0.3, 0.4) is 0 Å². The molecule has 2 heterocycles. The molecular weight excluding hydrogens is 487 g/mol. The summed E-state index contributed by atoms with van der Waals surface area (Å²) >= 11 is 6.42. The van der Waals surface area contributed by atoms with Crippen LogP contribution in [0.25, 0.3) is 22.3 Å². The minimum atomic E-state index is -4.71. The Morgan fingerprint density at radius 2 is 2.03 bits per heavy atom. The molecule has 13 heteroatoms. The average molecular weight is 508 g/mol. The summed E-state index contributed by atoms with van der Waals surface area (Å²) in [5.74, 6) is -0.503. The van der Waals surface area contributed by atoms with Crippen LogP contribution in [0.2, 0.25) is 5.02 Å². The van der Waals surface area contributed by atoms with Crippen molar-refractivity contribution in [3.63, 3.8) is 0 Å². The number of carbonyl (C=O) groups is 1. The Balaban J connectivity index is 1.62. The number of carbonyl (C=O) groups excluding carboxylic acids is 1. The summed E-state index contributed by atoms with van der Waals surface area (Å²) in [6.07, 6.45) is -3.14. The van der Waals surface area contributed by atoms with E-state index in [1.165, 1.54) is 16.8 Å². The van der Waals surface area contributed by atoms with Crippen molar-refractivity contribution in [2.24, 2.45) is 7.05 Å². The summed E-state index contributed by atoms with van der Waals surface area (Å²) in [4.78, 5) is 16.0. The first kappa shape index (κ1) is 24.3. The Morgan fingerprint density at radius 3 is 2.74 bits per heavy atom. The number of hydrogen-bond donors (Lipinski definition) is 3. The Hall–Kier alpha value is -3.80. The van der Waals surface area contributed by atoms with Gasteiger partial charge in [-0.2, -0.15) is 23.3 Å². The first-order valence-electron chi connectivity index (χ1n) is 10.5. The van der Waals surface area contributed by atoms with Crippen molar-refractivity contribution in [3.8, 4) is 17.1 Å². The van der Waals surface area contributed by atoms with Crippen molar-refractivity contribution in [3.05, 3.63) is 47.1 Å². The van der Waals surface area contributed by atoms with Gasteiger partial charge in [0.05, 0.1) is 28.0 Å². The van der Waals surface area contributed by atoms with E-state index in [2.05, 4.69) is 30.9 Å². The van der Waals surface area contributed by atoms with Crippen LogP contribution in [0.5, 0.6) is 5.75 Å². The number of nitrogens with zero attached hydrogens (tertiary/aromatic N) is 4. The Labute approximate surface area is 202 Å². The van der Waals surface area contributed by atoms with Crippen molar-refractivity contribution >= 4 is 40.0 Å². The fourth-order valence-corrected chi connectivity index (χ4v) is 3.62. The third-order valence-corrected chi connectivity index (χ3v) is 5.33. The van der Waals surface area contributed by atoms with Gasteiger partial charge in [-0.05, 0) is 44.2 Å². The molecule has 2 aromatic heterocycles. The van der Waals surface area contributed by atoms with E-state index in [4.69, 9.17) is 16.3 Å². The molecule has 0 atom stereocenters. The zero-order chi connectivity index (χ0) is 25.3. The number of hydrogen-bond acceptors (Lipinski definition) is 6. The Kier molecular flexibility index (Phi) is 6.57. The van der Waals surface area contributed by atoms with Gasteiger partial charge in [-0.3, -0.25) is 9.89 Å². The Bertz CT molecular complexity index is 1380. The third kappa shape index (κ3) is 5.32. The van der Waals surface area contributed by atoms with Crippen molar-refractivity contribution in [2.75, 3.05) is 11.9 Å². The van der Waals surface area contributed by atoms with E-state index in [0.29, 0.717) is 16.1 Å². The van der Waals surface area contributed by atoms with E-state index in [0.717, 1.165) is 11.6 Å². The van der Waals surface area contributed by atoms with Crippen LogP contribution in [0.1, 0.15) is 19.4 Å². The molecule has 0 saturated heterocycles. The van der Waals surface area contributed by atoms with Crippen LogP contribution in [-0.4, -0.2) is 43.5 Å². The van der Waals surface area contributed by atoms with Gasteiger partial charge < -0.3 is 15.4 Å². The number of alkyl halides is 3. The Morgan fingerprint density at radius 1 is 1.26 bits per heavy atom. The first-order chi connectivity index (χ1) is 16.5. The maximum absolute atomic E-state index is 13.9. The minimum Gasteiger partial charge on any atom is -0.484 e. The number of nitrogens with one attached hydrogen (secondary N) is 3. The molecule has 0 radical (unpaired) electrons. The molecule has 0 aliphatic heterocycles. The second kappa shape index (κ2) is 9.45. The number of aromatic nitrogens is 5. The van der Waals surface area contributed by atoms with Crippen LogP contribution >= 0.6 is 11.6 Å². The summed E-state index contributed by atoms with van der Waals surface area (Å²) in [5, 5.41) is 17.5. The van der Waals surface area contributed by atoms with Crippen LogP contribution < -0.4 is 15.4 Å². The lowest BCUT2D eigenvalue weighted by molar-refractivity contribution is -0.137. The third-order valence-electron chi connectivity index (χ3n) is 4.92. The predicted molar refractivity (Wildman–Crippen MR) is 125 cm³/mol. The van der Waals surface area contributed by atoms with E-state index in [-0.39, 0.29) is 29.1 Å². The molecule has 2 aromatic carbocycles. The van der Waals surface area contributed by atoms with Gasteiger partial charge in [-0.15, -0.1) is 5.10 Å². The number of rotatable bonds is 7. The van der Waals surface area contributed by atoms with Gasteiger partial charge in [0.1, 0.15) is 5.75 Å². The summed E-state index contributed by atoms with van der Waals surface area (Å²) in [6.45, 7) is 3.12. The van der Waals surface area contributed by atoms with Gasteiger partial charge in [0, 0.05) is 24.0 Å². The summed E-state index contributed by atoms with van der Waals surface area (Å²) in [5.41, 5.74) is -0.00844. The van der Waals surface area contributed by atoms with Crippen molar-refractivity contribution in [2.45, 2.75) is 26.1 Å². The zero-order valence-corrected chi connectivity index (χ0v) is 19.6. The van der Waals surface area contributed by atoms with Crippen LogP contribution in [0.15, 0.2) is 36.5 Å². The smallest absolute Gasteiger partial charge is 0.417 e. The molecule has 1 amide bonds.